The van der Waals surface area contributed by atoms with Crippen LogP contribution in [0, 0.1) is 0 Å². The second-order valence-electron chi connectivity index (χ2n) is 0.447. The maximum Gasteiger partial charge on any atom is 4.00 e. The molecule has 0 aromatic carbocycles. The molecule has 0 saturated heterocycles. The van der Waals surface area contributed by atoms with Crippen LogP contribution in [0.4, 0.5) is 0 Å². The van der Waals surface area contributed by atoms with Crippen molar-refractivity contribution >= 4 is 7.82 Å². The van der Waals surface area contributed by atoms with E-state index in [1.54, 1.807) is 0 Å². The fraction of sp³-hybridized carbons (Fsp3) is 0. The number of hydrogen-bond donors (Lipinski definition) is 0. The molecule has 0 fully saturated rings. The van der Waals surface area contributed by atoms with Crippen molar-refractivity contribution in [1.29, 1.82) is 0 Å². The minimum atomic E-state index is -5.39. The van der Waals surface area contributed by atoms with E-state index in [-0.39, 0.29) is 42.1 Å². The molecule has 0 radical (unpaired) electrons. The van der Waals surface area contributed by atoms with E-state index in [1.165, 1.54) is 0 Å². The van der Waals surface area contributed by atoms with Crippen LogP contribution in [0.5, 0.6) is 0 Å². The van der Waals surface area contributed by atoms with Crippen LogP contribution in [0.15, 0.2) is 0 Å². The summed E-state index contributed by atoms with van der Waals surface area (Å²) < 4.78 is 8.55. The topological polar surface area (TPSA) is 86.2 Å². The van der Waals surface area contributed by atoms with E-state index in [4.69, 9.17) is 19.2 Å². The predicted octanol–water partition coefficient (Wildman–Crippen LogP) is -2.83. The molecule has 0 saturated carbocycles. The van der Waals surface area contributed by atoms with Crippen molar-refractivity contribution in [3.05, 3.63) is 0 Å². The SMILES string of the molecule is O=P([O-])([O-])[O-].[Mo+4].[W]. The van der Waals surface area contributed by atoms with E-state index in [9.17, 15) is 0 Å². The van der Waals surface area contributed by atoms with Gasteiger partial charge in [-0.3, -0.25) is 0 Å². The smallest absolute Gasteiger partial charge is 0.822 e. The maximum absolute atomic E-state index is 8.55. The molecule has 0 rings (SSSR count). The molecule has 0 amide bonds. The Balaban J connectivity index is -0.0000000800. The third-order valence-corrected chi connectivity index (χ3v) is 0. The van der Waals surface area contributed by atoms with Crippen LogP contribution >= 0.6 is 7.82 Å². The Morgan fingerprint density at radius 2 is 1.14 bits per heavy atom. The van der Waals surface area contributed by atoms with Crippen LogP contribution in [0.2, 0.25) is 0 Å². The van der Waals surface area contributed by atoms with Crippen LogP contribution in [0.1, 0.15) is 0 Å². The first-order valence-electron chi connectivity index (χ1n) is 0.730. The van der Waals surface area contributed by atoms with Gasteiger partial charge in [0.05, 0.1) is 0 Å². The van der Waals surface area contributed by atoms with Crippen LogP contribution in [-0.2, 0) is 46.7 Å². The summed E-state index contributed by atoms with van der Waals surface area (Å²) in [5.74, 6) is 0. The zero-order valence-corrected chi connectivity index (χ0v) is 8.73. The molecule has 7 heteroatoms. The molecule has 40 valence electrons. The second-order valence-corrected chi connectivity index (χ2v) is 1.34. The van der Waals surface area contributed by atoms with E-state index in [1.807, 2.05) is 0 Å². The average molecular weight is 375 g/mol. The first-order chi connectivity index (χ1) is 2.00. The molecule has 4 nitrogen and oxygen atoms in total. The quantitative estimate of drug-likeness (QED) is 0.338. The molecular weight excluding hydrogens is 375 g/mol. The second kappa shape index (κ2) is 5.62. The Kier molecular flexibility index (Phi) is 12.7. The molecule has 0 aromatic heterocycles. The van der Waals surface area contributed by atoms with E-state index >= 15 is 0 Å². The van der Waals surface area contributed by atoms with Crippen molar-refractivity contribution in [2.45, 2.75) is 0 Å². The van der Waals surface area contributed by atoms with Crippen LogP contribution < -0.4 is 14.7 Å². The summed E-state index contributed by atoms with van der Waals surface area (Å²) >= 11 is 0. The van der Waals surface area contributed by atoms with Crippen LogP contribution in [0.3, 0.4) is 0 Å². The molecule has 0 atom stereocenters. The summed E-state index contributed by atoms with van der Waals surface area (Å²) in [6.07, 6.45) is 0. The van der Waals surface area contributed by atoms with Crippen molar-refractivity contribution in [3.63, 3.8) is 0 Å². The van der Waals surface area contributed by atoms with E-state index < -0.39 is 7.82 Å². The molecule has 0 N–H and O–H groups in total. The fourth-order valence-electron chi connectivity index (χ4n) is 0. The summed E-state index contributed by atoms with van der Waals surface area (Å²) in [4.78, 5) is 25.6. The third kappa shape index (κ3) is 102. The first kappa shape index (κ1) is 15.8. The van der Waals surface area contributed by atoms with E-state index in [2.05, 4.69) is 0 Å². The van der Waals surface area contributed by atoms with E-state index in [0.717, 1.165) is 0 Å². The van der Waals surface area contributed by atoms with Gasteiger partial charge in [-0.1, -0.05) is 0 Å². The minimum absolute atomic E-state index is 0. The Morgan fingerprint density at radius 1 is 1.14 bits per heavy atom. The predicted molar refractivity (Wildman–Crippen MR) is 7.61 cm³/mol. The van der Waals surface area contributed by atoms with Crippen LogP contribution in [0.25, 0.3) is 0 Å². The van der Waals surface area contributed by atoms with Gasteiger partial charge >= 0.3 is 21.1 Å². The molecule has 0 aliphatic heterocycles. The molecular formula is MoO4PW+. The van der Waals surface area contributed by atoms with Crippen molar-refractivity contribution in [1.82, 2.24) is 0 Å². The zero-order chi connectivity index (χ0) is 4.50. The Hall–Kier alpha value is 1.49. The summed E-state index contributed by atoms with van der Waals surface area (Å²) in [6, 6.07) is 0. The molecule has 0 heterocycles. The maximum atomic E-state index is 8.55. The molecule has 0 aliphatic rings. The summed E-state index contributed by atoms with van der Waals surface area (Å²) in [5.41, 5.74) is 0. The van der Waals surface area contributed by atoms with Crippen LogP contribution in [-0.4, -0.2) is 0 Å². The Bertz CT molecular complexity index is 57.8. The number of hydrogen-bond acceptors (Lipinski definition) is 4. The van der Waals surface area contributed by atoms with Gasteiger partial charge in [0.25, 0.3) is 0 Å². The van der Waals surface area contributed by atoms with Gasteiger partial charge in [-0.15, -0.1) is 0 Å². The van der Waals surface area contributed by atoms with Crippen molar-refractivity contribution in [3.8, 4) is 0 Å². The van der Waals surface area contributed by atoms with Crippen molar-refractivity contribution in [2.24, 2.45) is 0 Å². The first-order valence-corrected chi connectivity index (χ1v) is 2.19. The van der Waals surface area contributed by atoms with Gasteiger partial charge < -0.3 is 19.2 Å². The van der Waals surface area contributed by atoms with Gasteiger partial charge in [0.15, 0.2) is 0 Å². The molecule has 7 heavy (non-hydrogen) atoms. The summed E-state index contributed by atoms with van der Waals surface area (Å²) in [5, 5.41) is 0. The standard InChI is InChI=1S/Mo.H3O4P.W/c;1-5(2,3)4;/h;(H3,1,2,3,4);/q+4;;/p-3. The van der Waals surface area contributed by atoms with Gasteiger partial charge in [-0.25, -0.2) is 0 Å². The number of rotatable bonds is 0. The third-order valence-electron chi connectivity index (χ3n) is 0. The zero-order valence-electron chi connectivity index (χ0n) is 2.90. The Labute approximate surface area is 69.1 Å². The van der Waals surface area contributed by atoms with E-state index in [0.29, 0.717) is 0 Å². The fourth-order valence-corrected chi connectivity index (χ4v) is 0. The van der Waals surface area contributed by atoms with Gasteiger partial charge in [0, 0.05) is 21.1 Å². The van der Waals surface area contributed by atoms with Gasteiger partial charge in [-0.05, 0) is 0 Å². The van der Waals surface area contributed by atoms with Gasteiger partial charge in [0.2, 0.25) is 0 Å². The summed E-state index contributed by atoms with van der Waals surface area (Å²) in [7, 11) is -5.39. The molecule has 0 aromatic rings. The molecule has 0 spiro atoms. The summed E-state index contributed by atoms with van der Waals surface area (Å²) in [6.45, 7) is 0. The van der Waals surface area contributed by atoms with Gasteiger partial charge in [0.1, 0.15) is 0 Å². The Morgan fingerprint density at radius 3 is 1.14 bits per heavy atom. The van der Waals surface area contributed by atoms with Gasteiger partial charge in [-0.2, -0.15) is 7.82 Å². The molecule has 0 unspecified atom stereocenters. The minimum Gasteiger partial charge on any atom is -0.822 e. The number of phosphoric acid groups is 1. The average Bonchev–Trinajstić information content (AvgIpc) is 0.722. The van der Waals surface area contributed by atoms with Crippen molar-refractivity contribution in [2.75, 3.05) is 0 Å². The molecule has 0 bridgehead atoms. The molecule has 0 aliphatic carbocycles. The normalized spacial score (nSPS) is 8.43. The monoisotopic (exact) mass is 377 g/mol. The van der Waals surface area contributed by atoms with Crippen molar-refractivity contribution < 1.29 is 61.4 Å². The largest absolute Gasteiger partial charge is 4.00 e.